The third kappa shape index (κ3) is 4.12. The summed E-state index contributed by atoms with van der Waals surface area (Å²) in [7, 11) is 0. The van der Waals surface area contributed by atoms with Gasteiger partial charge in [-0.3, -0.25) is 9.36 Å². The van der Waals surface area contributed by atoms with Crippen LogP contribution >= 0.6 is 0 Å². The van der Waals surface area contributed by atoms with Crippen molar-refractivity contribution in [2.45, 2.75) is 45.4 Å². The number of amides is 1. The van der Waals surface area contributed by atoms with Crippen LogP contribution in [0.2, 0.25) is 0 Å². The van der Waals surface area contributed by atoms with E-state index in [1.807, 2.05) is 34.7 Å². The van der Waals surface area contributed by atoms with Gasteiger partial charge in [0, 0.05) is 45.0 Å². The second kappa shape index (κ2) is 8.06. The summed E-state index contributed by atoms with van der Waals surface area (Å²) < 4.78 is 1.92. The molecule has 2 aliphatic rings. The zero-order valence-electron chi connectivity index (χ0n) is 16.0. The van der Waals surface area contributed by atoms with Gasteiger partial charge in [-0.15, -0.1) is 10.2 Å². The quantitative estimate of drug-likeness (QED) is 0.830. The van der Waals surface area contributed by atoms with Crippen LogP contribution in [0.3, 0.4) is 0 Å². The van der Waals surface area contributed by atoms with Gasteiger partial charge in [0.15, 0.2) is 11.6 Å². The van der Waals surface area contributed by atoms with E-state index in [-0.39, 0.29) is 0 Å². The van der Waals surface area contributed by atoms with Crippen LogP contribution in [-0.2, 0) is 4.79 Å². The predicted molar refractivity (Wildman–Crippen MR) is 104 cm³/mol. The van der Waals surface area contributed by atoms with Crippen LogP contribution < -0.4 is 4.90 Å². The van der Waals surface area contributed by atoms with Gasteiger partial charge in [-0.05, 0) is 37.8 Å². The molecule has 7 heteroatoms. The van der Waals surface area contributed by atoms with Crippen LogP contribution in [0.25, 0.3) is 5.82 Å². The van der Waals surface area contributed by atoms with E-state index < -0.39 is 0 Å². The van der Waals surface area contributed by atoms with Gasteiger partial charge in [-0.25, -0.2) is 4.98 Å². The number of carbonyl (C=O) groups excluding carboxylic acids is 1. The minimum atomic E-state index is 0.332. The van der Waals surface area contributed by atoms with Crippen LogP contribution in [0.5, 0.6) is 0 Å². The molecule has 0 N–H and O–H groups in total. The van der Waals surface area contributed by atoms with Gasteiger partial charge in [0.2, 0.25) is 5.91 Å². The first-order valence-corrected chi connectivity index (χ1v) is 10.1. The summed E-state index contributed by atoms with van der Waals surface area (Å²) in [5.74, 6) is 3.47. The Bertz CT molecular complexity index is 757. The number of rotatable bonds is 4. The molecule has 1 amide bonds. The number of aryl methyl sites for hydroxylation is 1. The van der Waals surface area contributed by atoms with Crippen molar-refractivity contribution >= 4 is 11.7 Å². The molecule has 0 spiro atoms. The fraction of sp³-hybridized carbons (Fsp3) is 0.600. The van der Waals surface area contributed by atoms with Crippen molar-refractivity contribution in [1.29, 1.82) is 0 Å². The number of anilines is 1. The first-order chi connectivity index (χ1) is 13.2. The van der Waals surface area contributed by atoms with Gasteiger partial charge in [0.05, 0.1) is 0 Å². The summed E-state index contributed by atoms with van der Waals surface area (Å²) in [5, 5.41) is 8.73. The van der Waals surface area contributed by atoms with Crippen LogP contribution in [0, 0.1) is 12.8 Å². The minimum absolute atomic E-state index is 0.332. The van der Waals surface area contributed by atoms with E-state index >= 15 is 0 Å². The number of carbonyl (C=O) groups is 1. The maximum absolute atomic E-state index is 12.6. The molecule has 7 nitrogen and oxygen atoms in total. The van der Waals surface area contributed by atoms with Crippen molar-refractivity contribution in [3.63, 3.8) is 0 Å². The highest BCUT2D eigenvalue weighted by molar-refractivity contribution is 5.76. The Kier molecular flexibility index (Phi) is 5.36. The van der Waals surface area contributed by atoms with Crippen molar-refractivity contribution in [2.75, 3.05) is 31.1 Å². The minimum Gasteiger partial charge on any atom is -0.352 e. The summed E-state index contributed by atoms with van der Waals surface area (Å²) in [6.07, 6.45) is 10.7. The largest absolute Gasteiger partial charge is 0.352 e. The molecular weight excluding hydrogens is 340 g/mol. The zero-order valence-corrected chi connectivity index (χ0v) is 16.0. The van der Waals surface area contributed by atoms with Crippen molar-refractivity contribution in [2.24, 2.45) is 5.92 Å². The Balaban J connectivity index is 1.31. The average molecular weight is 368 g/mol. The molecule has 0 aromatic carbocycles. The highest BCUT2D eigenvalue weighted by Crippen LogP contribution is 2.27. The Morgan fingerprint density at radius 1 is 1.04 bits per heavy atom. The van der Waals surface area contributed by atoms with Crippen molar-refractivity contribution < 1.29 is 4.79 Å². The van der Waals surface area contributed by atoms with Gasteiger partial charge in [0.25, 0.3) is 0 Å². The molecule has 0 atom stereocenters. The highest BCUT2D eigenvalue weighted by Gasteiger charge is 2.25. The van der Waals surface area contributed by atoms with E-state index in [1.54, 1.807) is 6.20 Å². The Labute approximate surface area is 160 Å². The fourth-order valence-corrected chi connectivity index (χ4v) is 4.19. The molecule has 0 radical (unpaired) electrons. The van der Waals surface area contributed by atoms with Crippen LogP contribution in [0.15, 0.2) is 24.5 Å². The lowest BCUT2D eigenvalue weighted by Crippen LogP contribution is -2.49. The number of nitrogens with zero attached hydrogens (tertiary/aromatic N) is 6. The molecular formula is C20H28N6O. The number of imidazole rings is 1. The molecule has 2 aromatic rings. The first kappa shape index (κ1) is 17.9. The third-order valence-corrected chi connectivity index (χ3v) is 5.85. The maximum Gasteiger partial charge on any atom is 0.222 e. The molecule has 1 aliphatic carbocycles. The Morgan fingerprint density at radius 3 is 2.37 bits per heavy atom. The van der Waals surface area contributed by atoms with Crippen molar-refractivity contribution in [1.82, 2.24) is 24.6 Å². The lowest BCUT2D eigenvalue weighted by Gasteiger charge is -2.36. The van der Waals surface area contributed by atoms with Gasteiger partial charge in [-0.1, -0.05) is 19.3 Å². The molecule has 1 saturated carbocycles. The van der Waals surface area contributed by atoms with Gasteiger partial charge >= 0.3 is 0 Å². The standard InChI is InChI=1S/C20H28N6O/c1-16-21-9-10-26(16)19-8-7-18(22-23-19)24-11-13-25(14-12-24)20(27)15-17-5-3-2-4-6-17/h7-10,17H,2-6,11-15H2,1H3. The Hall–Kier alpha value is -2.44. The number of aromatic nitrogens is 4. The van der Waals surface area contributed by atoms with Crippen LogP contribution in [-0.4, -0.2) is 56.7 Å². The van der Waals surface area contributed by atoms with Crippen molar-refractivity contribution in [3.05, 3.63) is 30.4 Å². The first-order valence-electron chi connectivity index (χ1n) is 10.1. The van der Waals surface area contributed by atoms with Gasteiger partial charge < -0.3 is 9.80 Å². The molecule has 2 fully saturated rings. The highest BCUT2D eigenvalue weighted by atomic mass is 16.2. The van der Waals surface area contributed by atoms with E-state index in [1.165, 1.54) is 32.1 Å². The second-order valence-corrected chi connectivity index (χ2v) is 7.67. The summed E-state index contributed by atoms with van der Waals surface area (Å²) in [5.41, 5.74) is 0. The molecule has 1 saturated heterocycles. The number of hydrogen-bond acceptors (Lipinski definition) is 5. The number of piperazine rings is 1. The monoisotopic (exact) mass is 368 g/mol. The van der Waals surface area contributed by atoms with Gasteiger partial charge in [0.1, 0.15) is 5.82 Å². The summed E-state index contributed by atoms with van der Waals surface area (Å²) in [4.78, 5) is 21.0. The van der Waals surface area contributed by atoms with Gasteiger partial charge in [-0.2, -0.15) is 0 Å². The van der Waals surface area contributed by atoms with Crippen LogP contribution in [0.4, 0.5) is 5.82 Å². The van der Waals surface area contributed by atoms with Crippen LogP contribution in [0.1, 0.15) is 44.3 Å². The van der Waals surface area contributed by atoms with E-state index in [0.717, 1.165) is 50.1 Å². The zero-order chi connectivity index (χ0) is 18.6. The SMILES string of the molecule is Cc1nccn1-c1ccc(N2CCN(C(=O)CC3CCCCC3)CC2)nn1. The Morgan fingerprint density at radius 2 is 1.74 bits per heavy atom. The fourth-order valence-electron chi connectivity index (χ4n) is 4.19. The third-order valence-electron chi connectivity index (χ3n) is 5.85. The molecule has 0 unspecified atom stereocenters. The summed E-state index contributed by atoms with van der Waals surface area (Å²) >= 11 is 0. The van der Waals surface area contributed by atoms with E-state index in [0.29, 0.717) is 11.8 Å². The van der Waals surface area contributed by atoms with E-state index in [9.17, 15) is 4.79 Å². The molecule has 4 rings (SSSR count). The van der Waals surface area contributed by atoms with Crippen molar-refractivity contribution in [3.8, 4) is 5.82 Å². The lowest BCUT2D eigenvalue weighted by molar-refractivity contribution is -0.132. The summed E-state index contributed by atoms with van der Waals surface area (Å²) in [6.45, 7) is 5.12. The topological polar surface area (TPSA) is 67.2 Å². The smallest absolute Gasteiger partial charge is 0.222 e. The molecule has 0 bridgehead atoms. The number of hydrogen-bond donors (Lipinski definition) is 0. The van der Waals surface area contributed by atoms with E-state index in [2.05, 4.69) is 20.1 Å². The molecule has 27 heavy (non-hydrogen) atoms. The average Bonchev–Trinajstić information content (AvgIpc) is 3.15. The molecule has 3 heterocycles. The second-order valence-electron chi connectivity index (χ2n) is 7.67. The normalized spacial score (nSPS) is 18.7. The predicted octanol–water partition coefficient (Wildman–Crippen LogP) is 2.59. The maximum atomic E-state index is 12.6. The van der Waals surface area contributed by atoms with E-state index in [4.69, 9.17) is 0 Å². The molecule has 1 aliphatic heterocycles. The summed E-state index contributed by atoms with van der Waals surface area (Å²) in [6, 6.07) is 3.97. The molecule has 144 valence electrons. The lowest BCUT2D eigenvalue weighted by atomic mass is 9.86. The molecule has 2 aromatic heterocycles.